The van der Waals surface area contributed by atoms with Crippen LogP contribution in [-0.4, -0.2) is 12.6 Å². The lowest BCUT2D eigenvalue weighted by atomic mass is 10.0. The minimum Gasteiger partial charge on any atom is -0.454 e. The minimum atomic E-state index is 0.329. The van der Waals surface area contributed by atoms with Crippen LogP contribution in [0.25, 0.3) is 6.08 Å². The van der Waals surface area contributed by atoms with Crippen molar-refractivity contribution in [3.63, 3.8) is 0 Å². The Kier molecular flexibility index (Phi) is 9.92. The quantitative estimate of drug-likeness (QED) is 0.347. The molecule has 0 unspecified atom stereocenters. The van der Waals surface area contributed by atoms with Crippen molar-refractivity contribution in [2.45, 2.75) is 84.0 Å². The third-order valence-electron chi connectivity index (χ3n) is 4.86. The van der Waals surface area contributed by atoms with Gasteiger partial charge in [-0.15, -0.1) is 0 Å². The third-order valence-corrected chi connectivity index (χ3v) is 4.86. The number of unbranched alkanes of at least 4 members (excludes halogenated alkanes) is 10. The van der Waals surface area contributed by atoms with E-state index < -0.39 is 0 Å². The second kappa shape index (κ2) is 12.6. The highest BCUT2D eigenvalue weighted by molar-refractivity contribution is 5.75. The molecule has 0 fully saturated rings. The molecule has 0 spiro atoms. The van der Waals surface area contributed by atoms with Crippen LogP contribution in [-0.2, 0) is 4.79 Å². The summed E-state index contributed by atoms with van der Waals surface area (Å²) in [7, 11) is 0. The van der Waals surface area contributed by atoms with E-state index in [1.807, 2.05) is 12.1 Å². The second-order valence-corrected chi connectivity index (χ2v) is 7.29. The molecule has 144 valence electrons. The number of fused-ring (bicyclic) bond motifs is 1. The number of benzene rings is 1. The molecule has 26 heavy (non-hydrogen) atoms. The molecule has 0 bridgehead atoms. The topological polar surface area (TPSA) is 35.5 Å². The maximum atomic E-state index is 10.8. The first-order chi connectivity index (χ1) is 12.8. The molecule has 0 aliphatic carbocycles. The van der Waals surface area contributed by atoms with Gasteiger partial charge in [-0.1, -0.05) is 69.6 Å². The van der Waals surface area contributed by atoms with E-state index in [4.69, 9.17) is 9.47 Å². The van der Waals surface area contributed by atoms with Gasteiger partial charge in [0.1, 0.15) is 5.78 Å². The maximum Gasteiger partial charge on any atom is 0.231 e. The standard InChI is InChI=1S/C23H34O3/c1-20(24)14-12-10-8-6-4-2-3-5-7-9-11-13-15-21-16-17-22-23(18-21)26-19-25-22/h13,15-18H,2-12,14,19H2,1H3/b15-13+. The van der Waals surface area contributed by atoms with Crippen LogP contribution in [0.15, 0.2) is 24.3 Å². The summed E-state index contributed by atoms with van der Waals surface area (Å²) in [4.78, 5) is 10.8. The fourth-order valence-corrected chi connectivity index (χ4v) is 3.29. The van der Waals surface area contributed by atoms with Crippen molar-refractivity contribution in [2.75, 3.05) is 6.79 Å². The lowest BCUT2D eigenvalue weighted by Crippen LogP contribution is -1.92. The molecule has 1 aliphatic rings. The van der Waals surface area contributed by atoms with Gasteiger partial charge in [-0.2, -0.15) is 0 Å². The SMILES string of the molecule is CC(=O)CCCCCCCCCCCC/C=C/c1ccc2c(c1)OCO2. The molecule has 2 rings (SSSR count). The molecule has 1 aliphatic heterocycles. The molecule has 0 saturated carbocycles. The van der Waals surface area contributed by atoms with E-state index in [0.717, 1.165) is 30.8 Å². The first-order valence-electron chi connectivity index (χ1n) is 10.3. The van der Waals surface area contributed by atoms with Crippen LogP contribution in [0.2, 0.25) is 0 Å². The number of carbonyl (C=O) groups excluding carboxylic acids is 1. The average molecular weight is 359 g/mol. The van der Waals surface area contributed by atoms with Crippen molar-refractivity contribution in [3.8, 4) is 11.5 Å². The summed E-state index contributed by atoms with van der Waals surface area (Å²) in [5.74, 6) is 2.03. The minimum absolute atomic E-state index is 0.329. The number of ether oxygens (including phenoxy) is 2. The second-order valence-electron chi connectivity index (χ2n) is 7.29. The van der Waals surface area contributed by atoms with E-state index in [-0.39, 0.29) is 0 Å². The summed E-state index contributed by atoms with van der Waals surface area (Å²) >= 11 is 0. The van der Waals surface area contributed by atoms with Gasteiger partial charge in [-0.25, -0.2) is 0 Å². The molecular formula is C23H34O3. The summed E-state index contributed by atoms with van der Waals surface area (Å²) in [5, 5.41) is 0. The van der Waals surface area contributed by atoms with Gasteiger partial charge in [0.2, 0.25) is 6.79 Å². The number of ketones is 1. The lowest BCUT2D eigenvalue weighted by Gasteiger charge is -2.02. The zero-order valence-electron chi connectivity index (χ0n) is 16.3. The lowest BCUT2D eigenvalue weighted by molar-refractivity contribution is -0.117. The zero-order valence-corrected chi connectivity index (χ0v) is 16.3. The Labute approximate surface area is 158 Å². The van der Waals surface area contributed by atoms with Crippen LogP contribution in [0.5, 0.6) is 11.5 Å². The van der Waals surface area contributed by atoms with Crippen molar-refractivity contribution in [2.24, 2.45) is 0 Å². The molecule has 0 saturated heterocycles. The normalized spacial score (nSPS) is 12.8. The summed E-state index contributed by atoms with van der Waals surface area (Å²) < 4.78 is 10.7. The smallest absolute Gasteiger partial charge is 0.231 e. The molecule has 3 heteroatoms. The van der Waals surface area contributed by atoms with Gasteiger partial charge in [0, 0.05) is 6.42 Å². The van der Waals surface area contributed by atoms with E-state index >= 15 is 0 Å². The van der Waals surface area contributed by atoms with Gasteiger partial charge in [-0.3, -0.25) is 0 Å². The molecule has 1 heterocycles. The van der Waals surface area contributed by atoms with Crippen molar-refractivity contribution >= 4 is 11.9 Å². The van der Waals surface area contributed by atoms with Gasteiger partial charge in [0.15, 0.2) is 11.5 Å². The van der Waals surface area contributed by atoms with Crippen molar-refractivity contribution in [1.29, 1.82) is 0 Å². The van der Waals surface area contributed by atoms with E-state index in [0.29, 0.717) is 12.6 Å². The van der Waals surface area contributed by atoms with Gasteiger partial charge in [0.25, 0.3) is 0 Å². The summed E-state index contributed by atoms with van der Waals surface area (Å²) in [5.41, 5.74) is 1.18. The van der Waals surface area contributed by atoms with Gasteiger partial charge >= 0.3 is 0 Å². The van der Waals surface area contributed by atoms with Crippen LogP contribution < -0.4 is 9.47 Å². The van der Waals surface area contributed by atoms with Gasteiger partial charge < -0.3 is 14.3 Å². The Balaban J connectivity index is 1.39. The molecule has 0 amide bonds. The maximum absolute atomic E-state index is 10.8. The number of hydrogen-bond donors (Lipinski definition) is 0. The average Bonchev–Trinajstić information content (AvgIpc) is 3.09. The molecular weight excluding hydrogens is 324 g/mol. The van der Waals surface area contributed by atoms with E-state index in [1.165, 1.54) is 63.4 Å². The predicted octanol–water partition coefficient (Wildman–Crippen LogP) is 6.70. The number of carbonyl (C=O) groups is 1. The van der Waals surface area contributed by atoms with Crippen molar-refractivity contribution in [3.05, 3.63) is 29.8 Å². The van der Waals surface area contributed by atoms with Crippen LogP contribution in [0.1, 0.15) is 89.5 Å². The Morgan fingerprint density at radius 2 is 1.50 bits per heavy atom. The van der Waals surface area contributed by atoms with Crippen molar-refractivity contribution < 1.29 is 14.3 Å². The molecule has 0 N–H and O–H groups in total. The molecule has 0 aromatic heterocycles. The Morgan fingerprint density at radius 3 is 2.19 bits per heavy atom. The molecule has 0 radical (unpaired) electrons. The van der Waals surface area contributed by atoms with Crippen molar-refractivity contribution in [1.82, 2.24) is 0 Å². The summed E-state index contributed by atoms with van der Waals surface area (Å²) in [6.45, 7) is 2.02. The number of hydrogen-bond acceptors (Lipinski definition) is 3. The predicted molar refractivity (Wildman–Crippen MR) is 108 cm³/mol. The van der Waals surface area contributed by atoms with Crippen LogP contribution in [0, 0.1) is 0 Å². The highest BCUT2D eigenvalue weighted by atomic mass is 16.7. The molecule has 1 aromatic rings. The summed E-state index contributed by atoms with van der Waals surface area (Å²) in [6, 6.07) is 6.09. The van der Waals surface area contributed by atoms with E-state index in [1.54, 1.807) is 6.92 Å². The Hall–Kier alpha value is -1.77. The van der Waals surface area contributed by atoms with E-state index in [2.05, 4.69) is 18.2 Å². The fraction of sp³-hybridized carbons (Fsp3) is 0.609. The van der Waals surface area contributed by atoms with E-state index in [9.17, 15) is 4.79 Å². The number of rotatable bonds is 14. The Morgan fingerprint density at radius 1 is 0.885 bits per heavy atom. The first kappa shape index (κ1) is 20.5. The van der Waals surface area contributed by atoms with Gasteiger partial charge in [-0.05, 0) is 43.9 Å². The highest BCUT2D eigenvalue weighted by Gasteiger charge is 2.11. The van der Waals surface area contributed by atoms with Crippen LogP contribution >= 0.6 is 0 Å². The van der Waals surface area contributed by atoms with Crippen LogP contribution in [0.3, 0.4) is 0 Å². The number of Topliss-reactive ketones (excluding diaryl/α,β-unsaturated/α-hetero) is 1. The largest absolute Gasteiger partial charge is 0.454 e. The van der Waals surface area contributed by atoms with Gasteiger partial charge in [0.05, 0.1) is 0 Å². The zero-order chi connectivity index (χ0) is 18.5. The molecule has 3 nitrogen and oxygen atoms in total. The third kappa shape index (κ3) is 8.55. The first-order valence-corrected chi connectivity index (χ1v) is 10.3. The number of allylic oxidation sites excluding steroid dienone is 1. The summed E-state index contributed by atoms with van der Waals surface area (Å²) in [6.07, 6.45) is 19.3. The highest BCUT2D eigenvalue weighted by Crippen LogP contribution is 2.32. The Bertz CT molecular complexity index is 563. The van der Waals surface area contributed by atoms with Crippen LogP contribution in [0.4, 0.5) is 0 Å². The monoisotopic (exact) mass is 358 g/mol. The molecule has 0 atom stereocenters. The fourth-order valence-electron chi connectivity index (χ4n) is 3.29. The molecule has 1 aromatic carbocycles.